The van der Waals surface area contributed by atoms with E-state index in [2.05, 4.69) is 26.6 Å². The summed E-state index contributed by atoms with van der Waals surface area (Å²) in [6.45, 7) is 2.05. The second kappa shape index (κ2) is 11.7. The van der Waals surface area contributed by atoms with Crippen LogP contribution >= 0.6 is 39.1 Å². The second-order valence-corrected chi connectivity index (χ2v) is 13.4. The fourth-order valence-electron chi connectivity index (χ4n) is 6.89. The molecule has 2 fully saturated rings. The number of aliphatic hydroxyl groups is 1. The van der Waals surface area contributed by atoms with E-state index in [0.29, 0.717) is 33.2 Å². The molecule has 2 aliphatic heterocycles. The minimum Gasteiger partial charge on any atom is -0.395 e. The summed E-state index contributed by atoms with van der Waals surface area (Å²) >= 11 is 16.0. The third kappa shape index (κ3) is 5.36. The zero-order chi connectivity index (χ0) is 30.6. The molecule has 4 atom stereocenters. The number of benzene rings is 3. The van der Waals surface area contributed by atoms with Gasteiger partial charge >= 0.3 is 0 Å². The lowest BCUT2D eigenvalue weighted by atomic mass is 9.71. The molecule has 1 saturated carbocycles. The topological polar surface area (TPSA) is 108 Å². The predicted octanol–water partition coefficient (Wildman–Crippen LogP) is 6.37. The molecular weight excluding hydrogens is 662 g/mol. The highest BCUT2D eigenvalue weighted by molar-refractivity contribution is 9.10. The van der Waals surface area contributed by atoms with Crippen molar-refractivity contribution in [3.05, 3.63) is 101 Å². The number of hydrogen-bond donors (Lipinski definition) is 3. The van der Waals surface area contributed by atoms with Crippen LogP contribution in [0.4, 0.5) is 15.8 Å². The van der Waals surface area contributed by atoms with E-state index in [1.807, 2.05) is 11.0 Å². The van der Waals surface area contributed by atoms with Crippen LogP contribution in [0.3, 0.4) is 0 Å². The van der Waals surface area contributed by atoms with Crippen molar-refractivity contribution in [2.75, 3.05) is 18.5 Å². The molecule has 1 saturated heterocycles. The van der Waals surface area contributed by atoms with Gasteiger partial charge in [-0.2, -0.15) is 0 Å². The van der Waals surface area contributed by atoms with Crippen molar-refractivity contribution in [1.29, 1.82) is 0 Å². The fourth-order valence-corrected chi connectivity index (χ4v) is 7.64. The molecule has 1 amide bonds. The predicted molar refractivity (Wildman–Crippen MR) is 167 cm³/mol. The van der Waals surface area contributed by atoms with E-state index in [-0.39, 0.29) is 41.8 Å². The molecule has 1 aliphatic carbocycles. The number of aryl methyl sites for hydroxylation is 1. The van der Waals surface area contributed by atoms with Crippen LogP contribution in [-0.4, -0.2) is 51.6 Å². The molecule has 8 nitrogen and oxygen atoms in total. The summed E-state index contributed by atoms with van der Waals surface area (Å²) in [6.07, 6.45) is 2.24. The number of halogens is 4. The first-order valence-corrected chi connectivity index (χ1v) is 15.7. The van der Waals surface area contributed by atoms with E-state index in [4.69, 9.17) is 23.2 Å². The van der Waals surface area contributed by atoms with Crippen molar-refractivity contribution in [1.82, 2.24) is 10.2 Å². The number of fused-ring (bicyclic) bond motifs is 1. The maximum atomic E-state index is 16.0. The highest BCUT2D eigenvalue weighted by atomic mass is 79.9. The maximum Gasteiger partial charge on any atom is 0.274 e. The number of nitro groups is 1. The molecule has 0 unspecified atom stereocenters. The summed E-state index contributed by atoms with van der Waals surface area (Å²) in [4.78, 5) is 28.0. The van der Waals surface area contributed by atoms with Crippen molar-refractivity contribution >= 4 is 56.4 Å². The Kier molecular flexibility index (Phi) is 8.29. The van der Waals surface area contributed by atoms with E-state index in [9.17, 15) is 20.0 Å². The van der Waals surface area contributed by atoms with Crippen LogP contribution in [0.15, 0.2) is 53.0 Å². The molecule has 6 rings (SSSR count). The first-order valence-electron chi connectivity index (χ1n) is 14.1. The van der Waals surface area contributed by atoms with Crippen molar-refractivity contribution < 1.29 is 19.2 Å². The number of amides is 1. The van der Waals surface area contributed by atoms with Crippen LogP contribution in [0, 0.1) is 28.8 Å². The van der Waals surface area contributed by atoms with E-state index in [0.717, 1.165) is 24.0 Å². The molecule has 3 N–H and O–H groups in total. The minimum absolute atomic E-state index is 0.0518. The van der Waals surface area contributed by atoms with Crippen LogP contribution < -0.4 is 10.6 Å². The van der Waals surface area contributed by atoms with Gasteiger partial charge in [-0.05, 0) is 66.6 Å². The third-order valence-corrected chi connectivity index (χ3v) is 10.5. The summed E-state index contributed by atoms with van der Waals surface area (Å²) in [7, 11) is 0. The second-order valence-electron chi connectivity index (χ2n) is 11.7. The number of hydrogen-bond acceptors (Lipinski definition) is 6. The minimum atomic E-state index is -1.29. The van der Waals surface area contributed by atoms with Gasteiger partial charge in [0.15, 0.2) is 0 Å². The number of likely N-dealkylation sites (tertiary alicyclic amines) is 1. The molecule has 0 radical (unpaired) electrons. The lowest BCUT2D eigenvalue weighted by Crippen LogP contribution is -2.61. The Balaban J connectivity index is 1.51. The molecule has 43 heavy (non-hydrogen) atoms. The van der Waals surface area contributed by atoms with Crippen molar-refractivity contribution in [3.8, 4) is 0 Å². The average Bonchev–Trinajstić information content (AvgIpc) is 3.75. The van der Waals surface area contributed by atoms with Gasteiger partial charge < -0.3 is 15.7 Å². The molecule has 226 valence electrons. The van der Waals surface area contributed by atoms with Gasteiger partial charge in [0.2, 0.25) is 5.91 Å². The number of nitro benzene ring substituents is 1. The largest absolute Gasteiger partial charge is 0.395 e. The maximum absolute atomic E-state index is 16.0. The monoisotopic (exact) mass is 690 g/mol. The molecule has 2 heterocycles. The number of nitrogens with zero attached hydrogens (tertiary/aromatic N) is 2. The molecule has 12 heteroatoms. The summed E-state index contributed by atoms with van der Waals surface area (Å²) < 4.78 is 16.7. The zero-order valence-electron chi connectivity index (χ0n) is 23.2. The number of carbonyl (C=O) groups is 1. The SMILES string of the molecule is Cc1cc([N+](=O)[O-])c(CN[C@@H]2[C@H](CO)N(CC3CC3)[C@]3(Cc4ccc(Cl)cc4NC3=O)[C@H]2c2cccc(Cl)c2F)cc1Br. The summed E-state index contributed by atoms with van der Waals surface area (Å²) in [5.74, 6) is -1.43. The van der Waals surface area contributed by atoms with Gasteiger partial charge in [-0.15, -0.1) is 0 Å². The Hall–Kier alpha value is -2.60. The van der Waals surface area contributed by atoms with Crippen LogP contribution in [0.2, 0.25) is 10.0 Å². The Labute approximate surface area is 266 Å². The molecule has 1 spiro atoms. The quantitative estimate of drug-likeness (QED) is 0.187. The van der Waals surface area contributed by atoms with Crippen molar-refractivity contribution in [2.24, 2.45) is 5.92 Å². The fraction of sp³-hybridized carbons (Fsp3) is 0.387. The lowest BCUT2D eigenvalue weighted by molar-refractivity contribution is -0.385. The number of rotatable bonds is 8. The zero-order valence-corrected chi connectivity index (χ0v) is 26.3. The van der Waals surface area contributed by atoms with E-state index >= 15 is 4.39 Å². The smallest absolute Gasteiger partial charge is 0.274 e. The summed E-state index contributed by atoms with van der Waals surface area (Å²) in [5.41, 5.74) is 1.48. The molecule has 0 bridgehead atoms. The number of nitrogens with one attached hydrogen (secondary N) is 2. The van der Waals surface area contributed by atoms with Gasteiger partial charge in [-0.3, -0.25) is 19.8 Å². The molecule has 3 aliphatic rings. The highest BCUT2D eigenvalue weighted by Gasteiger charge is 2.65. The summed E-state index contributed by atoms with van der Waals surface area (Å²) in [5, 5.41) is 29.8. The normalized spacial score (nSPS) is 25.2. The summed E-state index contributed by atoms with van der Waals surface area (Å²) in [6, 6.07) is 12.0. The van der Waals surface area contributed by atoms with E-state index in [1.54, 1.807) is 37.3 Å². The average molecular weight is 692 g/mol. The number of aliphatic hydroxyl groups excluding tert-OH is 1. The Bertz CT molecular complexity index is 1620. The van der Waals surface area contributed by atoms with E-state index < -0.39 is 34.3 Å². The van der Waals surface area contributed by atoms with Crippen LogP contribution in [0.1, 0.15) is 41.0 Å². The van der Waals surface area contributed by atoms with Gasteiger partial charge in [-0.1, -0.05) is 57.3 Å². The van der Waals surface area contributed by atoms with Crippen LogP contribution in [0.25, 0.3) is 0 Å². The van der Waals surface area contributed by atoms with E-state index in [1.165, 1.54) is 12.1 Å². The first-order chi connectivity index (χ1) is 20.5. The molecule has 0 aromatic heterocycles. The van der Waals surface area contributed by atoms with Crippen LogP contribution in [0.5, 0.6) is 0 Å². The first kappa shape index (κ1) is 30.4. The number of anilines is 1. The third-order valence-electron chi connectivity index (χ3n) is 9.11. The van der Waals surface area contributed by atoms with Crippen molar-refractivity contribution in [2.45, 2.75) is 56.3 Å². The Morgan fingerprint density at radius 1 is 1.23 bits per heavy atom. The highest BCUT2D eigenvalue weighted by Crippen LogP contribution is 2.53. The Morgan fingerprint density at radius 2 is 2.00 bits per heavy atom. The molecular formula is C31H30BrCl2FN4O4. The lowest BCUT2D eigenvalue weighted by Gasteiger charge is -2.45. The molecule has 3 aromatic carbocycles. The van der Waals surface area contributed by atoms with Gasteiger partial charge in [0.05, 0.1) is 16.6 Å². The molecule has 3 aromatic rings. The van der Waals surface area contributed by atoms with Gasteiger partial charge in [0.1, 0.15) is 11.4 Å². The van der Waals surface area contributed by atoms with Crippen LogP contribution in [-0.2, 0) is 17.8 Å². The standard InChI is InChI=1S/C31H30BrCl2FN4O4/c1-16-9-25(39(42)43)19(10-22(16)32)13-36-29-26(15-40)38(14-17-5-6-17)31(27(29)21-3-2-4-23(34)28(21)35)12-18-7-8-20(33)11-24(18)37-30(31)41/h2-4,7-11,17,26-27,29,36,40H,5-6,12-15H2,1H3,(H,37,41)/t26-,27-,29+,31+/m0/s1. The van der Waals surface area contributed by atoms with Gasteiger partial charge in [0.25, 0.3) is 5.69 Å². The van der Waals surface area contributed by atoms with Crippen molar-refractivity contribution in [3.63, 3.8) is 0 Å². The van der Waals surface area contributed by atoms with Gasteiger partial charge in [-0.25, -0.2) is 4.39 Å². The van der Waals surface area contributed by atoms with Gasteiger partial charge in [0, 0.05) is 64.3 Å². The number of carbonyl (C=O) groups excluding carboxylic acids is 1. The Morgan fingerprint density at radius 3 is 2.70 bits per heavy atom.